The monoisotopic (exact) mass is 296 g/mol. The highest BCUT2D eigenvalue weighted by Crippen LogP contribution is 2.22. The fourth-order valence-electron chi connectivity index (χ4n) is 1.65. The van der Waals surface area contributed by atoms with Gasteiger partial charge in [0.25, 0.3) is 5.91 Å². The normalized spacial score (nSPS) is 12.9. The van der Waals surface area contributed by atoms with Crippen molar-refractivity contribution in [2.24, 2.45) is 5.10 Å². The maximum atomic E-state index is 11.9. The van der Waals surface area contributed by atoms with Crippen molar-refractivity contribution in [3.8, 4) is 5.75 Å². The van der Waals surface area contributed by atoms with Crippen LogP contribution >= 0.6 is 11.6 Å². The van der Waals surface area contributed by atoms with Crippen molar-refractivity contribution in [2.75, 3.05) is 0 Å². The van der Waals surface area contributed by atoms with Gasteiger partial charge in [-0.2, -0.15) is 5.10 Å². The molecule has 110 valence electrons. The molecule has 0 saturated heterocycles. The lowest BCUT2D eigenvalue weighted by molar-refractivity contribution is -0.127. The number of carbonyl (C=O) groups is 1. The number of amides is 1. The summed E-state index contributed by atoms with van der Waals surface area (Å²) in [6.45, 7) is 7.53. The van der Waals surface area contributed by atoms with Crippen LogP contribution in [0.5, 0.6) is 5.75 Å². The Labute approximate surface area is 125 Å². The van der Waals surface area contributed by atoms with E-state index < -0.39 is 6.10 Å². The molecule has 1 rings (SSSR count). The molecule has 5 heteroatoms. The summed E-state index contributed by atoms with van der Waals surface area (Å²) >= 11 is 5.88. The molecule has 0 spiro atoms. The van der Waals surface area contributed by atoms with Crippen LogP contribution in [0.3, 0.4) is 0 Å². The number of ether oxygens (including phenoxy) is 1. The number of hydrogen-bond donors (Lipinski definition) is 1. The van der Waals surface area contributed by atoms with Crippen LogP contribution in [0.25, 0.3) is 0 Å². The van der Waals surface area contributed by atoms with Crippen molar-refractivity contribution in [1.29, 1.82) is 0 Å². The van der Waals surface area contributed by atoms with Crippen molar-refractivity contribution in [2.45, 2.75) is 46.6 Å². The van der Waals surface area contributed by atoms with Gasteiger partial charge in [-0.05, 0) is 51.0 Å². The third kappa shape index (κ3) is 5.21. The molecule has 1 aromatic carbocycles. The summed E-state index contributed by atoms with van der Waals surface area (Å²) in [4.78, 5) is 11.9. The summed E-state index contributed by atoms with van der Waals surface area (Å²) in [5.41, 5.74) is 4.31. The molecule has 0 fully saturated rings. The number of rotatable bonds is 6. The van der Waals surface area contributed by atoms with Crippen LogP contribution in [0, 0.1) is 6.92 Å². The summed E-state index contributed by atoms with van der Waals surface area (Å²) < 4.78 is 5.61. The largest absolute Gasteiger partial charge is 0.481 e. The lowest BCUT2D eigenvalue weighted by Gasteiger charge is -2.15. The van der Waals surface area contributed by atoms with Gasteiger partial charge in [0, 0.05) is 10.7 Å². The number of hydrazone groups is 1. The van der Waals surface area contributed by atoms with Crippen molar-refractivity contribution >= 4 is 23.2 Å². The summed E-state index contributed by atoms with van der Waals surface area (Å²) in [6.07, 6.45) is 1.25. The highest BCUT2D eigenvalue weighted by Gasteiger charge is 2.15. The van der Waals surface area contributed by atoms with Gasteiger partial charge in [-0.15, -0.1) is 0 Å². The first-order chi connectivity index (χ1) is 9.43. The summed E-state index contributed by atoms with van der Waals surface area (Å²) in [7, 11) is 0. The topological polar surface area (TPSA) is 50.7 Å². The number of hydrogen-bond acceptors (Lipinski definition) is 3. The molecule has 1 N–H and O–H groups in total. The van der Waals surface area contributed by atoms with Gasteiger partial charge in [0.1, 0.15) is 5.75 Å². The number of benzene rings is 1. The predicted octanol–water partition coefficient (Wildman–Crippen LogP) is 3.71. The summed E-state index contributed by atoms with van der Waals surface area (Å²) in [5.74, 6) is 0.376. The van der Waals surface area contributed by atoms with Crippen LogP contribution in [0.1, 0.15) is 39.2 Å². The van der Waals surface area contributed by atoms with Crippen LogP contribution in [0.15, 0.2) is 23.3 Å². The molecule has 0 aromatic heterocycles. The van der Waals surface area contributed by atoms with Crippen molar-refractivity contribution in [3.63, 3.8) is 0 Å². The van der Waals surface area contributed by atoms with Crippen LogP contribution < -0.4 is 10.2 Å². The molecule has 0 saturated carbocycles. The van der Waals surface area contributed by atoms with Crippen molar-refractivity contribution in [1.82, 2.24) is 5.43 Å². The van der Waals surface area contributed by atoms with Crippen LogP contribution in [0.4, 0.5) is 0 Å². The van der Waals surface area contributed by atoms with Crippen LogP contribution in [0.2, 0.25) is 5.02 Å². The van der Waals surface area contributed by atoms with E-state index >= 15 is 0 Å². The number of carbonyl (C=O) groups excluding carboxylic acids is 1. The molecule has 0 bridgehead atoms. The molecule has 0 aliphatic heterocycles. The Kier molecular flexibility index (Phi) is 6.52. The van der Waals surface area contributed by atoms with Gasteiger partial charge < -0.3 is 4.74 Å². The zero-order valence-corrected chi connectivity index (χ0v) is 13.1. The molecule has 1 amide bonds. The second-order valence-electron chi connectivity index (χ2n) is 4.74. The van der Waals surface area contributed by atoms with Crippen LogP contribution in [-0.4, -0.2) is 17.7 Å². The maximum absolute atomic E-state index is 11.9. The van der Waals surface area contributed by atoms with E-state index in [0.29, 0.717) is 10.8 Å². The van der Waals surface area contributed by atoms with Crippen molar-refractivity contribution < 1.29 is 9.53 Å². The average molecular weight is 297 g/mol. The minimum atomic E-state index is -0.618. The molecular weight excluding hydrogens is 276 g/mol. The molecule has 4 nitrogen and oxygen atoms in total. The fourth-order valence-corrected chi connectivity index (χ4v) is 1.87. The molecule has 1 atom stereocenters. The van der Waals surface area contributed by atoms with Gasteiger partial charge in [-0.25, -0.2) is 5.43 Å². The van der Waals surface area contributed by atoms with Gasteiger partial charge in [0.2, 0.25) is 0 Å². The Hall–Kier alpha value is -1.55. The van der Waals surface area contributed by atoms with E-state index in [0.717, 1.165) is 24.1 Å². The second-order valence-corrected chi connectivity index (χ2v) is 5.18. The average Bonchev–Trinajstić information content (AvgIpc) is 2.39. The Morgan fingerprint density at radius 2 is 2.20 bits per heavy atom. The SMILES string of the molecule is CCCC(C)=NNC(=O)C(C)Oc1ccc(Cl)cc1C. The van der Waals surface area contributed by atoms with E-state index in [2.05, 4.69) is 17.5 Å². The van der Waals surface area contributed by atoms with Gasteiger partial charge >= 0.3 is 0 Å². The fraction of sp³-hybridized carbons (Fsp3) is 0.467. The first-order valence-corrected chi connectivity index (χ1v) is 7.07. The smallest absolute Gasteiger partial charge is 0.280 e. The Morgan fingerprint density at radius 3 is 2.80 bits per heavy atom. The number of nitrogens with one attached hydrogen (secondary N) is 1. The molecule has 1 unspecified atom stereocenters. The van der Waals surface area contributed by atoms with E-state index in [9.17, 15) is 4.79 Å². The summed E-state index contributed by atoms with van der Waals surface area (Å²) in [6, 6.07) is 5.29. The third-order valence-corrected chi connectivity index (χ3v) is 3.01. The predicted molar refractivity (Wildman–Crippen MR) is 82.4 cm³/mol. The Balaban J connectivity index is 2.59. The molecule has 0 aliphatic rings. The molecule has 1 aromatic rings. The van der Waals surface area contributed by atoms with E-state index in [1.165, 1.54) is 0 Å². The van der Waals surface area contributed by atoms with E-state index in [1.807, 2.05) is 13.8 Å². The zero-order chi connectivity index (χ0) is 15.1. The second kappa shape index (κ2) is 7.90. The lowest BCUT2D eigenvalue weighted by atomic mass is 10.2. The number of halogens is 1. The minimum Gasteiger partial charge on any atom is -0.481 e. The standard InChI is InChI=1S/C15H21ClN2O2/c1-5-6-11(3)17-18-15(19)12(4)20-14-8-7-13(16)9-10(14)2/h7-9,12H,5-6H2,1-4H3,(H,18,19). The molecule has 0 heterocycles. The quantitative estimate of drug-likeness (QED) is 0.642. The van der Waals surface area contributed by atoms with E-state index in [1.54, 1.807) is 25.1 Å². The van der Waals surface area contributed by atoms with Gasteiger partial charge in [-0.1, -0.05) is 24.9 Å². The maximum Gasteiger partial charge on any atom is 0.280 e. The molecular formula is C15H21ClN2O2. The van der Waals surface area contributed by atoms with Gasteiger partial charge in [0.05, 0.1) is 0 Å². The Morgan fingerprint density at radius 1 is 1.50 bits per heavy atom. The highest BCUT2D eigenvalue weighted by molar-refractivity contribution is 6.30. The van der Waals surface area contributed by atoms with Gasteiger partial charge in [-0.3, -0.25) is 4.79 Å². The molecule has 0 radical (unpaired) electrons. The summed E-state index contributed by atoms with van der Waals surface area (Å²) in [5, 5.41) is 4.67. The Bertz CT molecular complexity index is 501. The van der Waals surface area contributed by atoms with Crippen LogP contribution in [-0.2, 0) is 4.79 Å². The molecule has 20 heavy (non-hydrogen) atoms. The van der Waals surface area contributed by atoms with Gasteiger partial charge in [0.15, 0.2) is 6.10 Å². The van der Waals surface area contributed by atoms with E-state index in [-0.39, 0.29) is 5.91 Å². The number of aryl methyl sites for hydroxylation is 1. The third-order valence-electron chi connectivity index (χ3n) is 2.78. The first kappa shape index (κ1) is 16.5. The highest BCUT2D eigenvalue weighted by atomic mass is 35.5. The lowest BCUT2D eigenvalue weighted by Crippen LogP contribution is -2.34. The van der Waals surface area contributed by atoms with E-state index in [4.69, 9.17) is 16.3 Å². The first-order valence-electron chi connectivity index (χ1n) is 6.69. The molecule has 0 aliphatic carbocycles. The minimum absolute atomic E-state index is 0.269. The number of nitrogens with zero attached hydrogens (tertiary/aromatic N) is 1. The van der Waals surface area contributed by atoms with Crippen molar-refractivity contribution in [3.05, 3.63) is 28.8 Å². The zero-order valence-electron chi connectivity index (χ0n) is 12.4.